The molecule has 1 aliphatic rings. The van der Waals surface area contributed by atoms with Gasteiger partial charge < -0.3 is 9.64 Å². The van der Waals surface area contributed by atoms with Gasteiger partial charge in [0.25, 0.3) is 15.9 Å². The lowest BCUT2D eigenvalue weighted by atomic mass is 9.90. The van der Waals surface area contributed by atoms with Crippen LogP contribution in [-0.2, 0) is 26.0 Å². The molecule has 3 aromatic rings. The van der Waals surface area contributed by atoms with Crippen LogP contribution in [0.15, 0.2) is 70.9 Å². The molecule has 0 spiro atoms. The van der Waals surface area contributed by atoms with E-state index in [9.17, 15) is 18.0 Å². The first-order valence-electron chi connectivity index (χ1n) is 11.2. The fraction of sp³-hybridized carbons (Fsp3) is 0.280. The van der Waals surface area contributed by atoms with Gasteiger partial charge in [-0.05, 0) is 67.1 Å². The fourth-order valence-electron chi connectivity index (χ4n) is 3.96. The minimum atomic E-state index is -3.76. The zero-order valence-electron chi connectivity index (χ0n) is 18.9. The summed E-state index contributed by atoms with van der Waals surface area (Å²) in [5.41, 5.74) is 1.82. The Morgan fingerprint density at radius 1 is 1.00 bits per heavy atom. The number of hydrogen-bond acceptors (Lipinski definition) is 6. The van der Waals surface area contributed by atoms with Crippen LogP contribution in [0.5, 0.6) is 0 Å². The maximum atomic E-state index is 12.5. The number of likely N-dealkylation sites (tertiary alicyclic amines) is 1. The molecule has 0 unspecified atom stereocenters. The highest BCUT2D eigenvalue weighted by atomic mass is 35.5. The van der Waals surface area contributed by atoms with Crippen LogP contribution in [0.25, 0.3) is 0 Å². The van der Waals surface area contributed by atoms with Crippen molar-refractivity contribution in [3.05, 3.63) is 82.2 Å². The molecule has 10 heteroatoms. The van der Waals surface area contributed by atoms with Gasteiger partial charge in [-0.1, -0.05) is 41.9 Å². The lowest BCUT2D eigenvalue weighted by molar-refractivity contribution is -0.135. The van der Waals surface area contributed by atoms with Crippen molar-refractivity contribution in [2.75, 3.05) is 24.4 Å². The number of amides is 1. The normalized spacial score (nSPS) is 14.5. The number of carbonyl (C=O) groups is 2. The number of rotatable bonds is 8. The second-order valence-electron chi connectivity index (χ2n) is 8.33. The Balaban J connectivity index is 1.23. The quantitative estimate of drug-likeness (QED) is 0.419. The molecule has 1 aromatic heterocycles. The Morgan fingerprint density at radius 2 is 1.69 bits per heavy atom. The van der Waals surface area contributed by atoms with Gasteiger partial charge in [0, 0.05) is 18.8 Å². The van der Waals surface area contributed by atoms with Crippen molar-refractivity contribution in [1.29, 1.82) is 0 Å². The number of carbonyl (C=O) groups excluding carboxylic acids is 2. The van der Waals surface area contributed by atoms with E-state index in [4.69, 9.17) is 16.3 Å². The average molecular weight is 533 g/mol. The van der Waals surface area contributed by atoms with Gasteiger partial charge in [0.05, 0.1) is 9.90 Å². The van der Waals surface area contributed by atoms with Crippen molar-refractivity contribution < 1.29 is 22.7 Å². The van der Waals surface area contributed by atoms with Crippen molar-refractivity contribution in [2.45, 2.75) is 23.5 Å². The minimum absolute atomic E-state index is 0.0913. The van der Waals surface area contributed by atoms with Gasteiger partial charge in [0.2, 0.25) is 0 Å². The van der Waals surface area contributed by atoms with Crippen molar-refractivity contribution in [1.82, 2.24) is 4.90 Å². The second kappa shape index (κ2) is 11.2. The number of hydrogen-bond donors (Lipinski definition) is 1. The first kappa shape index (κ1) is 25.2. The van der Waals surface area contributed by atoms with E-state index in [0.29, 0.717) is 29.0 Å². The molecule has 7 nitrogen and oxygen atoms in total. The summed E-state index contributed by atoms with van der Waals surface area (Å²) in [7, 11) is -3.76. The largest absolute Gasteiger partial charge is 0.452 e. The standard InChI is InChI=1S/C25H25ClN2O5S2/c26-22-10-11-24(34-22)35(31,32)27-21-8-6-20(7-9-21)25(30)33-17-23(29)28-14-12-19(13-15-28)16-18-4-2-1-3-5-18/h1-11,19,27H,12-17H2. The highest BCUT2D eigenvalue weighted by Crippen LogP contribution is 2.27. The SMILES string of the molecule is O=C(OCC(=O)N1CCC(Cc2ccccc2)CC1)c1ccc(NS(=O)(=O)c2ccc(Cl)s2)cc1. The predicted molar refractivity (Wildman–Crippen MR) is 136 cm³/mol. The first-order valence-corrected chi connectivity index (χ1v) is 13.8. The lowest BCUT2D eigenvalue weighted by Crippen LogP contribution is -2.41. The molecule has 0 radical (unpaired) electrons. The summed E-state index contributed by atoms with van der Waals surface area (Å²) in [6.07, 6.45) is 2.85. The van der Waals surface area contributed by atoms with Crippen LogP contribution in [0.3, 0.4) is 0 Å². The second-order valence-corrected chi connectivity index (χ2v) is 12.0. The topological polar surface area (TPSA) is 92.8 Å². The van der Waals surface area contributed by atoms with Crippen LogP contribution in [0, 0.1) is 5.92 Å². The van der Waals surface area contributed by atoms with E-state index in [0.717, 1.165) is 30.6 Å². The first-order chi connectivity index (χ1) is 16.8. The molecule has 0 atom stereocenters. The van der Waals surface area contributed by atoms with Crippen LogP contribution in [-0.4, -0.2) is 44.9 Å². The summed E-state index contributed by atoms with van der Waals surface area (Å²) >= 11 is 6.76. The van der Waals surface area contributed by atoms with E-state index in [-0.39, 0.29) is 22.3 Å². The highest BCUT2D eigenvalue weighted by Gasteiger charge is 2.24. The number of anilines is 1. The molecule has 35 heavy (non-hydrogen) atoms. The molecule has 1 fully saturated rings. The summed E-state index contributed by atoms with van der Waals surface area (Å²) in [5, 5.41) is 0. The van der Waals surface area contributed by atoms with E-state index in [1.54, 1.807) is 4.90 Å². The number of benzene rings is 2. The molecule has 184 valence electrons. The minimum Gasteiger partial charge on any atom is -0.452 e. The maximum Gasteiger partial charge on any atom is 0.338 e. The van der Waals surface area contributed by atoms with Crippen LogP contribution in [0.4, 0.5) is 5.69 Å². The summed E-state index contributed by atoms with van der Waals surface area (Å²) in [4.78, 5) is 26.6. The third-order valence-electron chi connectivity index (χ3n) is 5.85. The van der Waals surface area contributed by atoms with E-state index < -0.39 is 16.0 Å². The van der Waals surface area contributed by atoms with Gasteiger partial charge in [0.15, 0.2) is 6.61 Å². The molecule has 2 heterocycles. The molecule has 0 aliphatic carbocycles. The molecule has 0 saturated carbocycles. The smallest absolute Gasteiger partial charge is 0.338 e. The molecular weight excluding hydrogens is 508 g/mol. The summed E-state index contributed by atoms with van der Waals surface area (Å²) in [6.45, 7) is 0.978. The number of halogens is 1. The zero-order valence-corrected chi connectivity index (χ0v) is 21.2. The van der Waals surface area contributed by atoms with Crippen LogP contribution >= 0.6 is 22.9 Å². The van der Waals surface area contributed by atoms with Crippen LogP contribution < -0.4 is 4.72 Å². The van der Waals surface area contributed by atoms with E-state index in [2.05, 4.69) is 16.9 Å². The number of piperidine rings is 1. The fourth-order valence-corrected chi connectivity index (χ4v) is 6.50. The van der Waals surface area contributed by atoms with Crippen molar-refractivity contribution in [3.8, 4) is 0 Å². The Bertz CT molecular complexity index is 1270. The summed E-state index contributed by atoms with van der Waals surface area (Å²) < 4.78 is 32.9. The van der Waals surface area contributed by atoms with Crippen LogP contribution in [0.2, 0.25) is 4.34 Å². The van der Waals surface area contributed by atoms with Gasteiger partial charge in [0.1, 0.15) is 4.21 Å². The third-order valence-corrected chi connectivity index (χ3v) is 8.95. The predicted octanol–water partition coefficient (Wildman–Crippen LogP) is 4.84. The zero-order chi connectivity index (χ0) is 24.8. The van der Waals surface area contributed by atoms with Gasteiger partial charge >= 0.3 is 5.97 Å². The summed E-state index contributed by atoms with van der Waals surface area (Å²) in [6, 6.07) is 19.1. The maximum absolute atomic E-state index is 12.5. The molecule has 4 rings (SSSR count). The Kier molecular flexibility index (Phi) is 8.10. The van der Waals surface area contributed by atoms with Gasteiger partial charge in [-0.2, -0.15) is 0 Å². The average Bonchev–Trinajstić information content (AvgIpc) is 3.31. The molecule has 0 bridgehead atoms. The van der Waals surface area contributed by atoms with Crippen LogP contribution in [0.1, 0.15) is 28.8 Å². The number of esters is 1. The number of sulfonamides is 1. The summed E-state index contributed by atoms with van der Waals surface area (Å²) in [5.74, 6) is -0.316. The number of nitrogens with one attached hydrogen (secondary N) is 1. The number of ether oxygens (including phenoxy) is 1. The van der Waals surface area contributed by atoms with Crippen molar-refractivity contribution in [2.24, 2.45) is 5.92 Å². The third kappa shape index (κ3) is 6.84. The Hall–Kier alpha value is -2.88. The molecule has 1 N–H and O–H groups in total. The molecule has 1 aliphatic heterocycles. The molecule has 2 aromatic carbocycles. The van der Waals surface area contributed by atoms with E-state index >= 15 is 0 Å². The monoisotopic (exact) mass is 532 g/mol. The van der Waals surface area contributed by atoms with Gasteiger partial charge in [-0.3, -0.25) is 9.52 Å². The Morgan fingerprint density at radius 3 is 2.31 bits per heavy atom. The lowest BCUT2D eigenvalue weighted by Gasteiger charge is -2.32. The van der Waals surface area contributed by atoms with Crippen molar-refractivity contribution in [3.63, 3.8) is 0 Å². The van der Waals surface area contributed by atoms with Gasteiger partial charge in [-0.25, -0.2) is 13.2 Å². The van der Waals surface area contributed by atoms with Crippen molar-refractivity contribution >= 4 is 50.5 Å². The molecule has 1 amide bonds. The molecule has 1 saturated heterocycles. The number of thiophene rings is 1. The number of nitrogens with zero attached hydrogens (tertiary/aromatic N) is 1. The molecular formula is C25H25ClN2O5S2. The van der Waals surface area contributed by atoms with Gasteiger partial charge in [-0.15, -0.1) is 11.3 Å². The van der Waals surface area contributed by atoms with E-state index in [1.165, 1.54) is 42.0 Å². The highest BCUT2D eigenvalue weighted by molar-refractivity contribution is 7.94. The Labute approximate surface area is 213 Å². The van der Waals surface area contributed by atoms with E-state index in [1.807, 2.05) is 18.2 Å².